The van der Waals surface area contributed by atoms with E-state index in [-0.39, 0.29) is 0 Å². The lowest BCUT2D eigenvalue weighted by Gasteiger charge is -2.40. The van der Waals surface area contributed by atoms with Gasteiger partial charge in [0.05, 0.1) is 0 Å². The molecule has 4 nitrogen and oxygen atoms in total. The van der Waals surface area contributed by atoms with Crippen LogP contribution in [-0.2, 0) is 16.5 Å². The van der Waals surface area contributed by atoms with Gasteiger partial charge in [-0.25, -0.2) is 0 Å². The second-order valence-electron chi connectivity index (χ2n) is 8.86. The second-order valence-corrected chi connectivity index (χ2v) is 28.2. The molecule has 0 N–H and O–H groups in total. The van der Waals surface area contributed by atoms with Crippen molar-refractivity contribution in [3.05, 3.63) is 0 Å². The fraction of sp³-hybridized carbons (Fsp3) is 1.00. The third-order valence-electron chi connectivity index (χ3n) is 2.34. The Morgan fingerprint density at radius 3 is 1.32 bits per heavy atom. The molecule has 0 saturated heterocycles. The summed E-state index contributed by atoms with van der Waals surface area (Å²) < 4.78 is 25.7. The fourth-order valence-electron chi connectivity index (χ4n) is 2.19. The average Bonchev–Trinajstić information content (AvgIpc) is 2.06. The zero-order valence-electron chi connectivity index (χ0n) is 16.6. The van der Waals surface area contributed by atoms with E-state index in [1.54, 1.807) is 0 Å². The minimum atomic E-state index is -2.64. The van der Waals surface area contributed by atoms with Crippen molar-refractivity contribution in [2.45, 2.75) is 84.9 Å². The van der Waals surface area contributed by atoms with Crippen molar-refractivity contribution in [3.63, 3.8) is 0 Å². The zero-order chi connectivity index (χ0) is 17.8. The van der Waals surface area contributed by atoms with Crippen LogP contribution in [0.4, 0.5) is 0 Å². The van der Waals surface area contributed by atoms with Crippen molar-refractivity contribution < 1.29 is 16.5 Å². The summed E-state index contributed by atoms with van der Waals surface area (Å²) in [6.07, 6.45) is 1.09. The van der Waals surface area contributed by atoms with Crippen LogP contribution in [0.5, 0.6) is 0 Å². The van der Waals surface area contributed by atoms with E-state index in [1.165, 1.54) is 0 Å². The quantitative estimate of drug-likeness (QED) is 0.497. The minimum Gasteiger partial charge on any atom is -0.439 e. The van der Waals surface area contributed by atoms with Crippen LogP contribution in [0.2, 0.25) is 71.5 Å². The molecule has 0 aliphatic heterocycles. The van der Waals surface area contributed by atoms with Gasteiger partial charge in [-0.1, -0.05) is 13.3 Å². The maximum Gasteiger partial charge on any atom is 0.467 e. The van der Waals surface area contributed by atoms with Gasteiger partial charge in [-0.3, -0.25) is 0 Å². The molecule has 0 aromatic carbocycles. The molecule has 0 radical (unpaired) electrons. The van der Waals surface area contributed by atoms with Crippen LogP contribution < -0.4 is 0 Å². The largest absolute Gasteiger partial charge is 0.467 e. The molecule has 0 aromatic heterocycles. The Balaban J connectivity index is 5.21. The fourth-order valence-corrected chi connectivity index (χ4v) is 20.0. The molecule has 0 aliphatic carbocycles. The Bertz CT molecular complexity index is 317. The normalized spacial score (nSPS) is 16.0. The molecule has 1 unspecified atom stereocenters. The SMILES string of the molecule is CCC[SiH](O[Si](C)(C)C)O[Si](C)(O[Si](C)(C)C)O[Si](C)(C)C. The average molecular weight is 399 g/mol. The van der Waals surface area contributed by atoms with Gasteiger partial charge in [-0.2, -0.15) is 0 Å². The molecule has 0 spiro atoms. The van der Waals surface area contributed by atoms with Gasteiger partial charge in [0.1, 0.15) is 0 Å². The molecule has 0 heterocycles. The molecule has 0 bridgehead atoms. The lowest BCUT2D eigenvalue weighted by Crippen LogP contribution is -2.58. The first-order valence-electron chi connectivity index (χ1n) is 8.31. The van der Waals surface area contributed by atoms with Gasteiger partial charge in [0.2, 0.25) is 0 Å². The van der Waals surface area contributed by atoms with E-state index >= 15 is 0 Å². The van der Waals surface area contributed by atoms with E-state index in [1.807, 2.05) is 0 Å². The molecule has 0 fully saturated rings. The zero-order valence-corrected chi connectivity index (χ0v) is 21.8. The Kier molecular flexibility index (Phi) is 8.69. The van der Waals surface area contributed by atoms with Crippen LogP contribution in [0.1, 0.15) is 13.3 Å². The van der Waals surface area contributed by atoms with Gasteiger partial charge >= 0.3 is 18.1 Å². The first-order chi connectivity index (χ1) is 9.55. The molecule has 134 valence electrons. The van der Waals surface area contributed by atoms with Gasteiger partial charge < -0.3 is 16.5 Å². The van der Waals surface area contributed by atoms with Gasteiger partial charge in [0, 0.05) is 6.55 Å². The molecule has 9 heteroatoms. The van der Waals surface area contributed by atoms with E-state index in [2.05, 4.69) is 72.4 Å². The lowest BCUT2D eigenvalue weighted by atomic mass is 10.6. The van der Waals surface area contributed by atoms with Crippen LogP contribution in [0.25, 0.3) is 0 Å². The van der Waals surface area contributed by atoms with Gasteiger partial charge in [-0.15, -0.1) is 0 Å². The van der Waals surface area contributed by atoms with E-state index in [4.69, 9.17) is 16.5 Å². The molecular weight excluding hydrogens is 361 g/mol. The Morgan fingerprint density at radius 1 is 0.636 bits per heavy atom. The second kappa shape index (κ2) is 8.34. The molecule has 0 amide bonds. The maximum absolute atomic E-state index is 6.52. The highest BCUT2D eigenvalue weighted by Gasteiger charge is 2.45. The third kappa shape index (κ3) is 12.4. The highest BCUT2D eigenvalue weighted by molar-refractivity contribution is 6.87. The summed E-state index contributed by atoms with van der Waals surface area (Å²) in [5, 5.41) is 0. The van der Waals surface area contributed by atoms with Crippen molar-refractivity contribution in [1.29, 1.82) is 0 Å². The van der Waals surface area contributed by atoms with E-state index in [9.17, 15) is 0 Å². The summed E-state index contributed by atoms with van der Waals surface area (Å²) in [7, 11) is -9.44. The van der Waals surface area contributed by atoms with E-state index in [0.717, 1.165) is 12.5 Å². The first kappa shape index (κ1) is 22.9. The minimum absolute atomic E-state index is 1.02. The Hall–Kier alpha value is 0.924. The van der Waals surface area contributed by atoms with Crippen LogP contribution in [0.15, 0.2) is 0 Å². The van der Waals surface area contributed by atoms with Crippen molar-refractivity contribution in [2.75, 3.05) is 0 Å². The summed E-state index contributed by atoms with van der Waals surface area (Å²) >= 11 is 0. The lowest BCUT2D eigenvalue weighted by molar-refractivity contribution is 0.244. The topological polar surface area (TPSA) is 36.9 Å². The highest BCUT2D eigenvalue weighted by Crippen LogP contribution is 2.24. The van der Waals surface area contributed by atoms with Gasteiger partial charge in [0.25, 0.3) is 0 Å². The molecule has 1 atom stereocenters. The molecular formula is C13H38O4Si5. The smallest absolute Gasteiger partial charge is 0.439 e. The molecule has 0 rings (SSSR count). The van der Waals surface area contributed by atoms with Gasteiger partial charge in [0.15, 0.2) is 25.0 Å². The first-order valence-corrected chi connectivity index (χ1v) is 22.5. The van der Waals surface area contributed by atoms with Gasteiger partial charge in [-0.05, 0) is 65.0 Å². The third-order valence-corrected chi connectivity index (χ3v) is 17.9. The van der Waals surface area contributed by atoms with Crippen molar-refractivity contribution in [1.82, 2.24) is 0 Å². The number of hydrogen-bond acceptors (Lipinski definition) is 4. The predicted octanol–water partition coefficient (Wildman–Crippen LogP) is 4.76. The number of hydrogen-bond donors (Lipinski definition) is 0. The highest BCUT2D eigenvalue weighted by atomic mass is 28.5. The molecule has 22 heavy (non-hydrogen) atoms. The summed E-state index contributed by atoms with van der Waals surface area (Å²) in [5.41, 5.74) is 0. The van der Waals surface area contributed by atoms with E-state index in [0.29, 0.717) is 0 Å². The van der Waals surface area contributed by atoms with Crippen molar-refractivity contribution >= 4 is 43.0 Å². The molecule has 0 aliphatic rings. The van der Waals surface area contributed by atoms with Crippen molar-refractivity contribution in [2.24, 2.45) is 0 Å². The van der Waals surface area contributed by atoms with Crippen LogP contribution in [-0.4, -0.2) is 43.0 Å². The maximum atomic E-state index is 6.52. The molecule has 0 aromatic rings. The Labute approximate surface area is 144 Å². The predicted molar refractivity (Wildman–Crippen MR) is 108 cm³/mol. The summed E-state index contributed by atoms with van der Waals surface area (Å²) in [4.78, 5) is 0. The number of rotatable bonds is 10. The van der Waals surface area contributed by atoms with Crippen LogP contribution in [0.3, 0.4) is 0 Å². The summed E-state index contributed by atoms with van der Waals surface area (Å²) in [6, 6.07) is 1.02. The van der Waals surface area contributed by atoms with Crippen LogP contribution >= 0.6 is 0 Å². The van der Waals surface area contributed by atoms with E-state index < -0.39 is 43.0 Å². The summed E-state index contributed by atoms with van der Waals surface area (Å²) in [5.74, 6) is 0. The molecule has 0 saturated carbocycles. The Morgan fingerprint density at radius 2 is 1.05 bits per heavy atom. The van der Waals surface area contributed by atoms with Crippen molar-refractivity contribution in [3.8, 4) is 0 Å². The standard InChI is InChI=1S/C13H38O4Si5/c1-12-13-18(14-19(2,3)4)15-22(11,16-20(5,6)7)17-21(8,9)10/h18H,12-13H2,1-11H3. The summed E-state index contributed by atoms with van der Waals surface area (Å²) in [6.45, 7) is 24.1. The monoisotopic (exact) mass is 398 g/mol. The van der Waals surface area contributed by atoms with Crippen LogP contribution in [0, 0.1) is 0 Å².